The molecule has 4 aromatic rings. The summed E-state index contributed by atoms with van der Waals surface area (Å²) in [6.07, 6.45) is 8.69. The molecule has 0 fully saturated rings. The summed E-state index contributed by atoms with van der Waals surface area (Å²) in [7, 11) is 4.75. The summed E-state index contributed by atoms with van der Waals surface area (Å²) in [6, 6.07) is 3.71. The third-order valence-electron chi connectivity index (χ3n) is 5.63. The largest absolute Gasteiger partial charge is 0.493 e. The molecule has 35 heavy (non-hydrogen) atoms. The maximum absolute atomic E-state index is 5.48. The van der Waals surface area contributed by atoms with Crippen LogP contribution >= 0.6 is 0 Å². The van der Waals surface area contributed by atoms with E-state index in [1.165, 1.54) is 0 Å². The minimum atomic E-state index is 0.531. The summed E-state index contributed by atoms with van der Waals surface area (Å²) >= 11 is 0. The molecule has 184 valence electrons. The molecule has 1 N–H and O–H groups in total. The number of aryl methyl sites for hydroxylation is 1. The lowest BCUT2D eigenvalue weighted by molar-refractivity contribution is 0.324. The van der Waals surface area contributed by atoms with Crippen LogP contribution in [0.2, 0.25) is 0 Å². The first kappa shape index (κ1) is 24.1. The normalized spacial score (nSPS) is 11.0. The van der Waals surface area contributed by atoms with E-state index in [1.54, 1.807) is 33.9 Å². The first-order valence-corrected chi connectivity index (χ1v) is 11.5. The van der Waals surface area contributed by atoms with Crippen LogP contribution in [0.15, 0.2) is 37.4 Å². The van der Waals surface area contributed by atoms with Gasteiger partial charge in [0.05, 0.1) is 44.8 Å². The van der Waals surface area contributed by atoms with Gasteiger partial charge in [0.25, 0.3) is 0 Å². The molecule has 0 aliphatic carbocycles. The van der Waals surface area contributed by atoms with Crippen LogP contribution in [0, 0.1) is 0 Å². The molecule has 10 nitrogen and oxygen atoms in total. The third kappa shape index (κ3) is 4.91. The van der Waals surface area contributed by atoms with Crippen LogP contribution in [0.5, 0.6) is 17.2 Å². The van der Waals surface area contributed by atoms with Gasteiger partial charge < -0.3 is 24.1 Å². The Hall–Kier alpha value is -4.08. The van der Waals surface area contributed by atoms with Gasteiger partial charge in [-0.25, -0.2) is 19.6 Å². The van der Waals surface area contributed by atoms with Crippen LogP contribution in [0.4, 0.5) is 11.6 Å². The Morgan fingerprint density at radius 2 is 1.80 bits per heavy atom. The quantitative estimate of drug-likeness (QED) is 0.301. The highest BCUT2D eigenvalue weighted by molar-refractivity contribution is 5.89. The number of allylic oxidation sites excluding steroid dienone is 1. The fourth-order valence-corrected chi connectivity index (χ4v) is 3.78. The summed E-state index contributed by atoms with van der Waals surface area (Å²) in [6.45, 7) is 8.90. The lowest BCUT2D eigenvalue weighted by atomic mass is 10.2. The number of methoxy groups -OCH3 is 3. The number of hydrogen-bond donors (Lipinski definition) is 1. The Labute approximate surface area is 204 Å². The molecular weight excluding hydrogens is 446 g/mol. The molecule has 3 heterocycles. The van der Waals surface area contributed by atoms with Crippen molar-refractivity contribution in [1.29, 1.82) is 0 Å². The van der Waals surface area contributed by atoms with Gasteiger partial charge in [-0.1, -0.05) is 26.3 Å². The zero-order valence-electron chi connectivity index (χ0n) is 20.8. The van der Waals surface area contributed by atoms with Gasteiger partial charge in [-0.3, -0.25) is 0 Å². The van der Waals surface area contributed by atoms with E-state index in [4.69, 9.17) is 19.2 Å². The molecule has 0 radical (unpaired) electrons. The van der Waals surface area contributed by atoms with Crippen molar-refractivity contribution in [2.24, 2.45) is 0 Å². The molecule has 0 spiro atoms. The predicted octanol–water partition coefficient (Wildman–Crippen LogP) is 5.00. The number of anilines is 2. The van der Waals surface area contributed by atoms with Crippen molar-refractivity contribution in [2.45, 2.75) is 39.7 Å². The van der Waals surface area contributed by atoms with Crippen molar-refractivity contribution < 1.29 is 14.2 Å². The second-order valence-corrected chi connectivity index (χ2v) is 8.16. The van der Waals surface area contributed by atoms with E-state index in [9.17, 15) is 0 Å². The number of nitrogens with zero attached hydrogens (tertiary/aromatic N) is 6. The van der Waals surface area contributed by atoms with E-state index < -0.39 is 0 Å². The van der Waals surface area contributed by atoms with Gasteiger partial charge in [-0.05, 0) is 18.9 Å². The fourth-order valence-electron chi connectivity index (χ4n) is 3.78. The average Bonchev–Trinajstić information content (AvgIpc) is 3.50. The summed E-state index contributed by atoms with van der Waals surface area (Å²) in [5.74, 6) is 3.47. The highest BCUT2D eigenvalue weighted by Gasteiger charge is 2.17. The van der Waals surface area contributed by atoms with E-state index in [-0.39, 0.29) is 0 Å². The molecule has 0 aliphatic rings. The van der Waals surface area contributed by atoms with Crippen LogP contribution in [-0.4, -0.2) is 50.6 Å². The summed E-state index contributed by atoms with van der Waals surface area (Å²) in [5, 5.41) is 8.71. The monoisotopic (exact) mass is 477 g/mol. The highest BCUT2D eigenvalue weighted by atomic mass is 16.5. The second-order valence-electron chi connectivity index (χ2n) is 8.16. The van der Waals surface area contributed by atoms with E-state index in [0.717, 1.165) is 48.1 Å². The van der Waals surface area contributed by atoms with Gasteiger partial charge in [0.1, 0.15) is 18.0 Å². The molecule has 0 atom stereocenters. The zero-order chi connectivity index (χ0) is 24.9. The highest BCUT2D eigenvalue weighted by Crippen LogP contribution is 2.39. The number of benzene rings is 1. The summed E-state index contributed by atoms with van der Waals surface area (Å²) in [4.78, 5) is 13.9. The summed E-state index contributed by atoms with van der Waals surface area (Å²) in [5.41, 5.74) is 2.36. The van der Waals surface area contributed by atoms with Crippen molar-refractivity contribution in [3.05, 3.63) is 43.3 Å². The Balaban J connectivity index is 1.68. The molecule has 0 aliphatic heterocycles. The SMILES string of the molecule is C=C(C)c1nc(Nc2cn(-c3cc(OC)c(OC)c(OC)c3)cn2)c2cnn(CCCCC)c2n1. The van der Waals surface area contributed by atoms with Crippen molar-refractivity contribution in [2.75, 3.05) is 26.6 Å². The van der Waals surface area contributed by atoms with Crippen molar-refractivity contribution in [3.8, 4) is 22.9 Å². The lowest BCUT2D eigenvalue weighted by Crippen LogP contribution is -2.05. The van der Waals surface area contributed by atoms with Crippen LogP contribution in [0.25, 0.3) is 22.3 Å². The molecule has 0 unspecified atom stereocenters. The molecule has 0 amide bonds. The second kappa shape index (κ2) is 10.5. The molecule has 0 saturated carbocycles. The van der Waals surface area contributed by atoms with E-state index in [1.807, 2.05) is 34.5 Å². The van der Waals surface area contributed by atoms with E-state index in [0.29, 0.717) is 34.7 Å². The summed E-state index contributed by atoms with van der Waals surface area (Å²) < 4.78 is 20.2. The lowest BCUT2D eigenvalue weighted by Gasteiger charge is -2.14. The number of fused-ring (bicyclic) bond motifs is 1. The van der Waals surface area contributed by atoms with Crippen molar-refractivity contribution >= 4 is 28.2 Å². The molecule has 0 saturated heterocycles. The van der Waals surface area contributed by atoms with Crippen LogP contribution < -0.4 is 19.5 Å². The number of rotatable bonds is 11. The number of aromatic nitrogens is 6. The van der Waals surface area contributed by atoms with Gasteiger partial charge in [-0.2, -0.15) is 5.10 Å². The Kier molecular flexibility index (Phi) is 7.19. The molecular formula is C25H31N7O3. The third-order valence-corrected chi connectivity index (χ3v) is 5.63. The predicted molar refractivity (Wildman–Crippen MR) is 136 cm³/mol. The number of nitrogens with one attached hydrogen (secondary N) is 1. The Bertz CT molecular complexity index is 1320. The Morgan fingerprint density at radius 3 is 2.43 bits per heavy atom. The maximum Gasteiger partial charge on any atom is 0.203 e. The maximum atomic E-state index is 5.48. The number of hydrogen-bond acceptors (Lipinski definition) is 8. The van der Waals surface area contributed by atoms with E-state index >= 15 is 0 Å². The van der Waals surface area contributed by atoms with E-state index in [2.05, 4.69) is 33.9 Å². The average molecular weight is 478 g/mol. The van der Waals surface area contributed by atoms with Crippen LogP contribution in [0.1, 0.15) is 38.9 Å². The number of unbranched alkanes of at least 4 members (excludes halogenated alkanes) is 2. The van der Waals surface area contributed by atoms with Crippen molar-refractivity contribution in [3.63, 3.8) is 0 Å². The van der Waals surface area contributed by atoms with Gasteiger partial charge in [0, 0.05) is 18.7 Å². The van der Waals surface area contributed by atoms with Crippen molar-refractivity contribution in [1.82, 2.24) is 29.3 Å². The van der Waals surface area contributed by atoms with Gasteiger partial charge in [-0.15, -0.1) is 0 Å². The molecule has 4 rings (SSSR count). The minimum Gasteiger partial charge on any atom is -0.493 e. The molecule has 10 heteroatoms. The zero-order valence-corrected chi connectivity index (χ0v) is 20.8. The standard InChI is InChI=1S/C25H31N7O3/c1-7-8-9-10-32-25-18(13-27-32)24(29-23(30-25)16(2)3)28-21-14-31(15-26-21)17-11-19(33-4)22(35-6)20(12-17)34-5/h11-15H,2,7-10H2,1,3-6H3,(H,28,29,30). The minimum absolute atomic E-state index is 0.531. The van der Waals surface area contributed by atoms with Gasteiger partial charge >= 0.3 is 0 Å². The fraction of sp³-hybridized carbons (Fsp3) is 0.360. The smallest absolute Gasteiger partial charge is 0.203 e. The number of imidazole rings is 1. The van der Waals surface area contributed by atoms with Crippen LogP contribution in [0.3, 0.4) is 0 Å². The first-order chi connectivity index (χ1) is 17.0. The Morgan fingerprint density at radius 1 is 1.06 bits per heavy atom. The molecule has 0 bridgehead atoms. The molecule has 1 aromatic carbocycles. The first-order valence-electron chi connectivity index (χ1n) is 11.5. The van der Waals surface area contributed by atoms with Crippen LogP contribution in [-0.2, 0) is 6.54 Å². The van der Waals surface area contributed by atoms with Gasteiger partial charge in [0.2, 0.25) is 5.75 Å². The topological polar surface area (TPSA) is 101 Å². The van der Waals surface area contributed by atoms with Gasteiger partial charge in [0.15, 0.2) is 23.0 Å². The number of ether oxygens (including phenoxy) is 3. The molecule has 3 aromatic heterocycles.